The van der Waals surface area contributed by atoms with Crippen LogP contribution in [0, 0.1) is 11.8 Å². The van der Waals surface area contributed by atoms with Crippen LogP contribution in [0.15, 0.2) is 22.9 Å². The Hall–Kier alpha value is -1.05. The Labute approximate surface area is 85.1 Å². The van der Waals surface area contributed by atoms with E-state index >= 15 is 0 Å². The van der Waals surface area contributed by atoms with Crippen molar-refractivity contribution in [2.75, 3.05) is 0 Å². The lowest BCUT2D eigenvalue weighted by molar-refractivity contribution is -0.120. The Bertz CT molecular complexity index is 338. The average Bonchev–Trinajstić information content (AvgIpc) is 2.91. The van der Waals surface area contributed by atoms with Gasteiger partial charge >= 0.3 is 0 Å². The highest BCUT2D eigenvalue weighted by Gasteiger charge is 2.44. The van der Waals surface area contributed by atoms with E-state index in [0.29, 0.717) is 18.3 Å². The van der Waals surface area contributed by atoms with Crippen LogP contribution in [0.2, 0.25) is 0 Å². The fourth-order valence-corrected chi connectivity index (χ4v) is 2.27. The summed E-state index contributed by atoms with van der Waals surface area (Å²) in [6.45, 7) is 6.16. The van der Waals surface area contributed by atoms with Crippen LogP contribution in [0.25, 0.3) is 0 Å². The molecule has 0 radical (unpaired) electrons. The van der Waals surface area contributed by atoms with Crippen molar-refractivity contribution in [3.63, 3.8) is 0 Å². The lowest BCUT2D eigenvalue weighted by Gasteiger charge is -2.16. The average molecular weight is 191 g/mol. The van der Waals surface area contributed by atoms with E-state index in [4.69, 9.17) is 0 Å². The normalized spacial score (nSPS) is 29.5. The molecule has 2 aliphatic carbocycles. The molecule has 1 N–H and O–H groups in total. The summed E-state index contributed by atoms with van der Waals surface area (Å²) in [5.74, 6) is 1.46. The van der Waals surface area contributed by atoms with E-state index < -0.39 is 0 Å². The molecule has 2 unspecified atom stereocenters. The van der Waals surface area contributed by atoms with Crippen LogP contribution in [0.4, 0.5) is 0 Å². The standard InChI is InChI=1S/C12H17NO/c1-4-11(14)13-12-8(3)5-7(2)9-6-10(9)12/h5,9-10H,4,6H2,1-3H3,(H,13,14). The van der Waals surface area contributed by atoms with E-state index in [9.17, 15) is 4.79 Å². The van der Waals surface area contributed by atoms with Gasteiger partial charge in [0.1, 0.15) is 0 Å². The lowest BCUT2D eigenvalue weighted by Crippen LogP contribution is -2.25. The molecule has 14 heavy (non-hydrogen) atoms. The number of allylic oxidation sites excluding steroid dienone is 4. The second-order valence-electron chi connectivity index (χ2n) is 4.34. The quantitative estimate of drug-likeness (QED) is 0.713. The fourth-order valence-electron chi connectivity index (χ4n) is 2.27. The van der Waals surface area contributed by atoms with Crippen molar-refractivity contribution in [3.8, 4) is 0 Å². The molecule has 0 saturated heterocycles. The maximum absolute atomic E-state index is 11.3. The van der Waals surface area contributed by atoms with Gasteiger partial charge in [-0.2, -0.15) is 0 Å². The van der Waals surface area contributed by atoms with Crippen LogP contribution >= 0.6 is 0 Å². The third kappa shape index (κ3) is 1.49. The molecule has 2 aliphatic rings. The highest BCUT2D eigenvalue weighted by Crippen LogP contribution is 2.51. The first kappa shape index (κ1) is 9.50. The van der Waals surface area contributed by atoms with Crippen molar-refractivity contribution in [1.29, 1.82) is 0 Å². The van der Waals surface area contributed by atoms with Gasteiger partial charge in [0.15, 0.2) is 0 Å². The molecule has 0 spiro atoms. The van der Waals surface area contributed by atoms with E-state index in [1.165, 1.54) is 23.3 Å². The van der Waals surface area contributed by atoms with Crippen LogP contribution in [0.5, 0.6) is 0 Å². The third-order valence-corrected chi connectivity index (χ3v) is 3.21. The smallest absolute Gasteiger partial charge is 0.223 e. The Kier molecular flexibility index (Phi) is 2.22. The molecular weight excluding hydrogens is 174 g/mol. The molecule has 0 aliphatic heterocycles. The van der Waals surface area contributed by atoms with Gasteiger partial charge in [0.05, 0.1) is 0 Å². The Morgan fingerprint density at radius 3 is 2.86 bits per heavy atom. The van der Waals surface area contributed by atoms with Crippen molar-refractivity contribution in [2.24, 2.45) is 11.8 Å². The zero-order valence-electron chi connectivity index (χ0n) is 9.05. The summed E-state index contributed by atoms with van der Waals surface area (Å²) in [6, 6.07) is 0. The molecule has 1 amide bonds. The molecule has 76 valence electrons. The monoisotopic (exact) mass is 191 g/mol. The molecule has 1 fully saturated rings. The minimum Gasteiger partial charge on any atom is -0.329 e. The van der Waals surface area contributed by atoms with Crippen LogP contribution in [0.1, 0.15) is 33.6 Å². The predicted molar refractivity (Wildman–Crippen MR) is 56.5 cm³/mol. The Balaban J connectivity index is 2.18. The third-order valence-electron chi connectivity index (χ3n) is 3.21. The van der Waals surface area contributed by atoms with Gasteiger partial charge in [-0.25, -0.2) is 0 Å². The van der Waals surface area contributed by atoms with Crippen molar-refractivity contribution in [3.05, 3.63) is 22.9 Å². The summed E-state index contributed by atoms with van der Waals surface area (Å²) in [4.78, 5) is 11.3. The number of hydrogen-bond donors (Lipinski definition) is 1. The summed E-state index contributed by atoms with van der Waals surface area (Å²) in [5, 5.41) is 3.03. The molecule has 2 rings (SSSR count). The first-order valence-electron chi connectivity index (χ1n) is 5.32. The van der Waals surface area contributed by atoms with Gasteiger partial charge in [-0.1, -0.05) is 18.6 Å². The topological polar surface area (TPSA) is 29.1 Å². The van der Waals surface area contributed by atoms with Gasteiger partial charge in [0, 0.05) is 18.0 Å². The van der Waals surface area contributed by atoms with Crippen LogP contribution in [-0.4, -0.2) is 5.91 Å². The van der Waals surface area contributed by atoms with Gasteiger partial charge in [-0.05, 0) is 31.8 Å². The lowest BCUT2D eigenvalue weighted by atomic mass is 9.98. The van der Waals surface area contributed by atoms with E-state index in [2.05, 4.69) is 25.2 Å². The summed E-state index contributed by atoms with van der Waals surface area (Å²) in [7, 11) is 0. The van der Waals surface area contributed by atoms with E-state index in [0.717, 1.165) is 0 Å². The number of fused-ring (bicyclic) bond motifs is 1. The van der Waals surface area contributed by atoms with E-state index in [-0.39, 0.29) is 5.91 Å². The van der Waals surface area contributed by atoms with E-state index in [1.807, 2.05) is 6.92 Å². The Morgan fingerprint density at radius 2 is 2.21 bits per heavy atom. The second kappa shape index (κ2) is 3.26. The molecule has 2 atom stereocenters. The number of hydrogen-bond acceptors (Lipinski definition) is 1. The molecule has 0 aromatic carbocycles. The van der Waals surface area contributed by atoms with Crippen LogP contribution in [-0.2, 0) is 4.79 Å². The van der Waals surface area contributed by atoms with Crippen LogP contribution in [0.3, 0.4) is 0 Å². The van der Waals surface area contributed by atoms with Crippen molar-refractivity contribution in [2.45, 2.75) is 33.6 Å². The van der Waals surface area contributed by atoms with Gasteiger partial charge in [-0.3, -0.25) is 4.79 Å². The summed E-state index contributed by atoms with van der Waals surface area (Å²) in [5.41, 5.74) is 3.89. The minimum absolute atomic E-state index is 0.137. The number of carbonyl (C=O) groups excluding carboxylic acids is 1. The van der Waals surface area contributed by atoms with Crippen molar-refractivity contribution >= 4 is 5.91 Å². The highest BCUT2D eigenvalue weighted by atomic mass is 16.1. The maximum atomic E-state index is 11.3. The molecule has 1 saturated carbocycles. The maximum Gasteiger partial charge on any atom is 0.223 e. The van der Waals surface area contributed by atoms with Gasteiger partial charge in [-0.15, -0.1) is 0 Å². The molecular formula is C12H17NO. The van der Waals surface area contributed by atoms with Crippen molar-refractivity contribution in [1.82, 2.24) is 5.32 Å². The highest BCUT2D eigenvalue weighted by molar-refractivity contribution is 5.78. The zero-order chi connectivity index (χ0) is 10.3. The number of rotatable bonds is 2. The molecule has 0 aromatic heterocycles. The van der Waals surface area contributed by atoms with Gasteiger partial charge < -0.3 is 5.32 Å². The number of carbonyl (C=O) groups is 1. The van der Waals surface area contributed by atoms with E-state index in [1.54, 1.807) is 0 Å². The summed E-state index contributed by atoms with van der Waals surface area (Å²) in [6.07, 6.45) is 4.00. The SMILES string of the molecule is CCC(=O)NC1=C(C)C=C(C)C2CC12. The number of nitrogens with one attached hydrogen (secondary N) is 1. The first-order chi connectivity index (χ1) is 6.63. The van der Waals surface area contributed by atoms with Gasteiger partial charge in [0.25, 0.3) is 0 Å². The predicted octanol–water partition coefficient (Wildman–Crippen LogP) is 2.38. The number of amides is 1. The molecule has 0 bridgehead atoms. The first-order valence-corrected chi connectivity index (χ1v) is 5.32. The largest absolute Gasteiger partial charge is 0.329 e. The molecule has 0 aromatic rings. The Morgan fingerprint density at radius 1 is 1.50 bits per heavy atom. The summed E-state index contributed by atoms with van der Waals surface area (Å²) < 4.78 is 0. The zero-order valence-corrected chi connectivity index (χ0v) is 9.05. The molecule has 0 heterocycles. The minimum atomic E-state index is 0.137. The fraction of sp³-hybridized carbons (Fsp3) is 0.583. The van der Waals surface area contributed by atoms with Crippen LogP contribution < -0.4 is 5.32 Å². The van der Waals surface area contributed by atoms with Crippen molar-refractivity contribution < 1.29 is 4.79 Å². The second-order valence-corrected chi connectivity index (χ2v) is 4.34. The molecule has 2 nitrogen and oxygen atoms in total. The molecule has 2 heteroatoms. The summed E-state index contributed by atoms with van der Waals surface area (Å²) >= 11 is 0. The van der Waals surface area contributed by atoms with Gasteiger partial charge in [0.2, 0.25) is 5.91 Å².